The molecule has 0 radical (unpaired) electrons. The SMILES string of the molecule is CC1(NC2CCC(N/C=C(/C(N)=O)C(N)=Nc3ccc(Cl)cc3)CC2)CC1. The van der Waals surface area contributed by atoms with E-state index in [4.69, 9.17) is 23.1 Å². The van der Waals surface area contributed by atoms with Crippen molar-refractivity contribution in [3.05, 3.63) is 41.1 Å². The van der Waals surface area contributed by atoms with Crippen LogP contribution in [0.1, 0.15) is 45.4 Å². The van der Waals surface area contributed by atoms with Crippen molar-refractivity contribution >= 4 is 29.0 Å². The predicted molar refractivity (Wildman–Crippen MR) is 110 cm³/mol. The van der Waals surface area contributed by atoms with Crippen LogP contribution in [0.25, 0.3) is 0 Å². The van der Waals surface area contributed by atoms with E-state index in [-0.39, 0.29) is 11.4 Å². The highest BCUT2D eigenvalue weighted by Gasteiger charge is 2.39. The molecule has 1 amide bonds. The van der Waals surface area contributed by atoms with Crippen LogP contribution >= 0.6 is 11.6 Å². The summed E-state index contributed by atoms with van der Waals surface area (Å²) < 4.78 is 0. The van der Waals surface area contributed by atoms with Gasteiger partial charge in [0, 0.05) is 28.8 Å². The molecule has 0 spiro atoms. The van der Waals surface area contributed by atoms with Crippen LogP contribution in [0.3, 0.4) is 0 Å². The molecule has 6 N–H and O–H groups in total. The van der Waals surface area contributed by atoms with E-state index in [2.05, 4.69) is 22.5 Å². The number of amidine groups is 1. The lowest BCUT2D eigenvalue weighted by Crippen LogP contribution is -2.43. The molecule has 0 bridgehead atoms. The highest BCUT2D eigenvalue weighted by atomic mass is 35.5. The zero-order valence-electron chi connectivity index (χ0n) is 15.7. The lowest BCUT2D eigenvalue weighted by atomic mass is 9.90. The van der Waals surface area contributed by atoms with Crippen molar-refractivity contribution in [3.8, 4) is 0 Å². The van der Waals surface area contributed by atoms with Crippen molar-refractivity contribution < 1.29 is 4.79 Å². The molecule has 7 heteroatoms. The van der Waals surface area contributed by atoms with Gasteiger partial charge < -0.3 is 22.1 Å². The number of halogens is 1. The van der Waals surface area contributed by atoms with Crippen LogP contribution in [0.15, 0.2) is 41.0 Å². The van der Waals surface area contributed by atoms with Gasteiger partial charge in [-0.2, -0.15) is 0 Å². The van der Waals surface area contributed by atoms with Crippen molar-refractivity contribution in [1.82, 2.24) is 10.6 Å². The predicted octanol–water partition coefficient (Wildman–Crippen LogP) is 2.74. The van der Waals surface area contributed by atoms with Crippen LogP contribution in [-0.4, -0.2) is 29.4 Å². The Labute approximate surface area is 165 Å². The summed E-state index contributed by atoms with van der Waals surface area (Å²) in [5.74, 6) is -0.510. The quantitative estimate of drug-likeness (QED) is 0.327. The number of hydrogen-bond donors (Lipinski definition) is 4. The molecular weight excluding hydrogens is 362 g/mol. The largest absolute Gasteiger partial charge is 0.387 e. The second kappa shape index (κ2) is 8.31. The summed E-state index contributed by atoms with van der Waals surface area (Å²) in [7, 11) is 0. The molecule has 3 rings (SSSR count). The molecular formula is C20H28ClN5O. The second-order valence-corrected chi connectivity index (χ2v) is 8.25. The van der Waals surface area contributed by atoms with Gasteiger partial charge in [-0.1, -0.05) is 11.6 Å². The molecule has 146 valence electrons. The number of nitrogens with one attached hydrogen (secondary N) is 2. The first-order valence-electron chi connectivity index (χ1n) is 9.48. The van der Waals surface area contributed by atoms with Crippen LogP contribution in [0.4, 0.5) is 5.69 Å². The van der Waals surface area contributed by atoms with Crippen LogP contribution in [0.2, 0.25) is 5.02 Å². The maximum atomic E-state index is 11.8. The van der Waals surface area contributed by atoms with E-state index in [0.29, 0.717) is 28.3 Å². The molecule has 27 heavy (non-hydrogen) atoms. The topological polar surface area (TPSA) is 106 Å². The number of hydrogen-bond acceptors (Lipinski definition) is 4. The zero-order valence-corrected chi connectivity index (χ0v) is 16.4. The number of nitrogens with zero attached hydrogens (tertiary/aromatic N) is 1. The van der Waals surface area contributed by atoms with E-state index in [0.717, 1.165) is 25.7 Å². The Balaban J connectivity index is 1.57. The smallest absolute Gasteiger partial charge is 0.253 e. The number of primary amides is 1. The summed E-state index contributed by atoms with van der Waals surface area (Å²) in [4.78, 5) is 16.1. The number of rotatable bonds is 7. The molecule has 2 saturated carbocycles. The first-order valence-corrected chi connectivity index (χ1v) is 9.86. The van der Waals surface area contributed by atoms with Gasteiger partial charge in [0.25, 0.3) is 5.91 Å². The van der Waals surface area contributed by atoms with Gasteiger partial charge in [0.1, 0.15) is 5.84 Å². The molecule has 2 fully saturated rings. The molecule has 0 unspecified atom stereocenters. The number of carbonyl (C=O) groups excluding carboxylic acids is 1. The zero-order chi connectivity index (χ0) is 19.4. The number of nitrogens with two attached hydrogens (primary N) is 2. The minimum Gasteiger partial charge on any atom is -0.387 e. The third kappa shape index (κ3) is 5.71. The summed E-state index contributed by atoms with van der Waals surface area (Å²) in [6, 6.07) is 7.80. The molecule has 0 saturated heterocycles. The van der Waals surface area contributed by atoms with E-state index >= 15 is 0 Å². The van der Waals surface area contributed by atoms with E-state index in [1.54, 1.807) is 30.5 Å². The Morgan fingerprint density at radius 2 is 1.74 bits per heavy atom. The van der Waals surface area contributed by atoms with Gasteiger partial charge in [-0.15, -0.1) is 0 Å². The number of benzene rings is 1. The van der Waals surface area contributed by atoms with Crippen molar-refractivity contribution in [3.63, 3.8) is 0 Å². The molecule has 0 aromatic heterocycles. The summed E-state index contributed by atoms with van der Waals surface area (Å²) >= 11 is 5.87. The average Bonchev–Trinajstić information content (AvgIpc) is 3.35. The Kier molecular flexibility index (Phi) is 6.07. The number of carbonyl (C=O) groups is 1. The second-order valence-electron chi connectivity index (χ2n) is 7.82. The third-order valence-corrected chi connectivity index (χ3v) is 5.61. The van der Waals surface area contributed by atoms with Gasteiger partial charge in [-0.05, 0) is 69.7 Å². The fourth-order valence-corrected chi connectivity index (χ4v) is 3.54. The van der Waals surface area contributed by atoms with E-state index < -0.39 is 5.91 Å². The molecule has 6 nitrogen and oxygen atoms in total. The van der Waals surface area contributed by atoms with E-state index in [1.807, 2.05) is 0 Å². The van der Waals surface area contributed by atoms with Gasteiger partial charge in [-0.3, -0.25) is 4.79 Å². The van der Waals surface area contributed by atoms with E-state index in [9.17, 15) is 4.79 Å². The standard InChI is InChI=1S/C20H28ClN5O/c1-20(10-11-20)26-16-8-6-14(7-9-16)24-12-17(19(23)27)18(22)25-15-4-2-13(21)3-5-15/h2-5,12,14,16,24,26H,6-11H2,1H3,(H2,22,25)(H2,23,27)/b17-12+. The maximum absolute atomic E-state index is 11.8. The molecule has 0 atom stereocenters. The number of aliphatic imine (C=N–C) groups is 1. The molecule has 0 aliphatic heterocycles. The average molecular weight is 390 g/mol. The first-order chi connectivity index (χ1) is 12.8. The van der Waals surface area contributed by atoms with Gasteiger partial charge in [-0.25, -0.2) is 4.99 Å². The lowest BCUT2D eigenvalue weighted by Gasteiger charge is -2.31. The molecule has 0 heterocycles. The van der Waals surface area contributed by atoms with Crippen LogP contribution in [-0.2, 0) is 4.79 Å². The monoisotopic (exact) mass is 389 g/mol. The summed E-state index contributed by atoms with van der Waals surface area (Å²) in [5.41, 5.74) is 12.7. The van der Waals surface area contributed by atoms with Crippen molar-refractivity contribution in [1.29, 1.82) is 0 Å². The molecule has 2 aliphatic rings. The Morgan fingerprint density at radius 1 is 1.15 bits per heavy atom. The highest BCUT2D eigenvalue weighted by Crippen LogP contribution is 2.36. The Hall–Kier alpha value is -2.05. The van der Waals surface area contributed by atoms with Gasteiger partial charge in [0.15, 0.2) is 0 Å². The van der Waals surface area contributed by atoms with Crippen molar-refractivity contribution in [2.75, 3.05) is 0 Å². The lowest BCUT2D eigenvalue weighted by molar-refractivity contribution is -0.114. The van der Waals surface area contributed by atoms with Crippen molar-refractivity contribution in [2.24, 2.45) is 16.5 Å². The van der Waals surface area contributed by atoms with Gasteiger partial charge in [0.05, 0.1) is 11.3 Å². The van der Waals surface area contributed by atoms with Crippen LogP contribution < -0.4 is 22.1 Å². The summed E-state index contributed by atoms with van der Waals surface area (Å²) in [6.07, 6.45) is 8.51. The Morgan fingerprint density at radius 3 is 2.30 bits per heavy atom. The van der Waals surface area contributed by atoms with Crippen LogP contribution in [0, 0.1) is 0 Å². The fourth-order valence-electron chi connectivity index (χ4n) is 3.42. The summed E-state index contributed by atoms with van der Waals surface area (Å²) in [6.45, 7) is 2.29. The van der Waals surface area contributed by atoms with Crippen LogP contribution in [0.5, 0.6) is 0 Å². The van der Waals surface area contributed by atoms with Crippen molar-refractivity contribution in [2.45, 2.75) is 63.1 Å². The molecule has 1 aromatic rings. The normalized spacial score (nSPS) is 25.1. The summed E-state index contributed by atoms with van der Waals surface area (Å²) in [5, 5.41) is 7.67. The number of amides is 1. The van der Waals surface area contributed by atoms with Gasteiger partial charge >= 0.3 is 0 Å². The minimum atomic E-state index is -0.602. The Bertz CT molecular complexity index is 731. The molecule has 2 aliphatic carbocycles. The maximum Gasteiger partial charge on any atom is 0.253 e. The third-order valence-electron chi connectivity index (χ3n) is 5.36. The fraction of sp³-hybridized carbons (Fsp3) is 0.500. The first kappa shape index (κ1) is 19.7. The van der Waals surface area contributed by atoms with Gasteiger partial charge in [0.2, 0.25) is 0 Å². The van der Waals surface area contributed by atoms with E-state index in [1.165, 1.54) is 12.8 Å². The highest BCUT2D eigenvalue weighted by molar-refractivity contribution is 6.30. The minimum absolute atomic E-state index is 0.0920. The molecule has 1 aromatic carbocycles.